The van der Waals surface area contributed by atoms with Crippen molar-refractivity contribution >= 4 is 6.03 Å². The van der Waals surface area contributed by atoms with Gasteiger partial charge in [0.25, 0.3) is 0 Å². The second-order valence-corrected chi connectivity index (χ2v) is 3.87. The Morgan fingerprint density at radius 2 is 2.11 bits per heavy atom. The van der Waals surface area contributed by atoms with E-state index in [4.69, 9.17) is 4.74 Å². The van der Waals surface area contributed by atoms with Crippen LogP contribution in [0.1, 0.15) is 11.6 Å². The smallest absolute Gasteiger partial charge is 0.319 e. The van der Waals surface area contributed by atoms with Gasteiger partial charge in [-0.3, -0.25) is 0 Å². The molecule has 0 spiro atoms. The molecule has 1 aliphatic heterocycles. The highest BCUT2D eigenvalue weighted by atomic mass is 19.2. The zero-order valence-corrected chi connectivity index (χ0v) is 9.67. The summed E-state index contributed by atoms with van der Waals surface area (Å²) >= 11 is 0. The van der Waals surface area contributed by atoms with Crippen molar-refractivity contribution in [2.75, 3.05) is 13.7 Å². The van der Waals surface area contributed by atoms with Crippen molar-refractivity contribution in [2.45, 2.75) is 6.04 Å². The van der Waals surface area contributed by atoms with Crippen LogP contribution < -0.4 is 10.6 Å². The molecule has 2 amide bonds. The SMILES string of the molecule is COCC1=CC(c2ccc(F)c(F)c2)NC(=O)N1. The van der Waals surface area contributed by atoms with E-state index in [1.54, 1.807) is 6.08 Å². The first-order chi connectivity index (χ1) is 8.60. The molecule has 0 saturated carbocycles. The number of carbonyl (C=O) groups excluding carboxylic acids is 1. The third-order valence-electron chi connectivity index (χ3n) is 2.53. The number of hydrogen-bond donors (Lipinski definition) is 2. The Hall–Kier alpha value is -1.95. The van der Waals surface area contributed by atoms with E-state index >= 15 is 0 Å². The fraction of sp³-hybridized carbons (Fsp3) is 0.250. The van der Waals surface area contributed by atoms with Crippen LogP contribution in [0.3, 0.4) is 0 Å². The zero-order valence-electron chi connectivity index (χ0n) is 9.67. The predicted octanol–water partition coefficient (Wildman–Crippen LogP) is 1.85. The van der Waals surface area contributed by atoms with Gasteiger partial charge >= 0.3 is 6.03 Å². The summed E-state index contributed by atoms with van der Waals surface area (Å²) in [6.45, 7) is 0.244. The maximum absolute atomic E-state index is 13.1. The molecule has 1 aromatic carbocycles. The highest BCUT2D eigenvalue weighted by molar-refractivity contribution is 5.78. The molecule has 0 bridgehead atoms. The van der Waals surface area contributed by atoms with Crippen LogP contribution in [-0.2, 0) is 4.74 Å². The maximum atomic E-state index is 13.1. The van der Waals surface area contributed by atoms with Crippen LogP contribution in [-0.4, -0.2) is 19.7 Å². The highest BCUT2D eigenvalue weighted by Crippen LogP contribution is 2.20. The average molecular weight is 254 g/mol. The molecule has 18 heavy (non-hydrogen) atoms. The lowest BCUT2D eigenvalue weighted by molar-refractivity contribution is 0.210. The molecule has 0 radical (unpaired) electrons. The number of urea groups is 1. The fourth-order valence-corrected chi connectivity index (χ4v) is 1.73. The Morgan fingerprint density at radius 1 is 1.33 bits per heavy atom. The topological polar surface area (TPSA) is 50.4 Å². The monoisotopic (exact) mass is 254 g/mol. The standard InChI is InChI=1S/C12H12F2N2O2/c1-18-6-8-5-11(16-12(17)15-8)7-2-3-9(13)10(14)4-7/h2-5,11H,6H2,1H3,(H2,15,16,17). The van der Waals surface area contributed by atoms with Gasteiger partial charge in [0.05, 0.1) is 12.6 Å². The third-order valence-corrected chi connectivity index (χ3v) is 2.53. The van der Waals surface area contributed by atoms with Crippen LogP contribution >= 0.6 is 0 Å². The van der Waals surface area contributed by atoms with E-state index < -0.39 is 23.7 Å². The molecule has 0 saturated heterocycles. The molecular weight excluding hydrogens is 242 g/mol. The van der Waals surface area contributed by atoms with Crippen molar-refractivity contribution in [1.82, 2.24) is 10.6 Å². The number of ether oxygens (including phenoxy) is 1. The van der Waals surface area contributed by atoms with Gasteiger partial charge in [-0.15, -0.1) is 0 Å². The van der Waals surface area contributed by atoms with Crippen LogP contribution in [0, 0.1) is 11.6 Å². The molecule has 1 aliphatic rings. The third kappa shape index (κ3) is 2.65. The quantitative estimate of drug-likeness (QED) is 0.864. The molecule has 1 aromatic rings. The van der Waals surface area contributed by atoms with Gasteiger partial charge in [-0.25, -0.2) is 13.6 Å². The lowest BCUT2D eigenvalue weighted by Gasteiger charge is -2.23. The summed E-state index contributed by atoms with van der Waals surface area (Å²) in [5, 5.41) is 5.16. The summed E-state index contributed by atoms with van der Waals surface area (Å²) in [5.74, 6) is -1.86. The van der Waals surface area contributed by atoms with Crippen LogP contribution in [0.15, 0.2) is 30.0 Å². The van der Waals surface area contributed by atoms with Crippen LogP contribution in [0.5, 0.6) is 0 Å². The number of halogens is 2. The lowest BCUT2D eigenvalue weighted by atomic mass is 10.0. The first kappa shape index (κ1) is 12.5. The van der Waals surface area contributed by atoms with Gasteiger partial charge in [0.2, 0.25) is 0 Å². The average Bonchev–Trinajstić information content (AvgIpc) is 2.32. The van der Waals surface area contributed by atoms with Crippen molar-refractivity contribution < 1.29 is 18.3 Å². The minimum absolute atomic E-state index is 0.244. The minimum Gasteiger partial charge on any atom is -0.378 e. The number of nitrogens with one attached hydrogen (secondary N) is 2. The number of hydrogen-bond acceptors (Lipinski definition) is 2. The Morgan fingerprint density at radius 3 is 2.78 bits per heavy atom. The molecule has 0 aromatic heterocycles. The molecule has 96 valence electrons. The van der Waals surface area contributed by atoms with Crippen molar-refractivity contribution in [1.29, 1.82) is 0 Å². The van der Waals surface area contributed by atoms with Gasteiger partial charge in [0, 0.05) is 12.8 Å². The summed E-state index contributed by atoms with van der Waals surface area (Å²) in [6.07, 6.45) is 1.69. The summed E-state index contributed by atoms with van der Waals surface area (Å²) in [4.78, 5) is 11.4. The minimum atomic E-state index is -0.943. The Labute approximate surface area is 103 Å². The number of methoxy groups -OCH3 is 1. The second kappa shape index (κ2) is 5.14. The van der Waals surface area contributed by atoms with E-state index in [-0.39, 0.29) is 6.61 Å². The highest BCUT2D eigenvalue weighted by Gasteiger charge is 2.20. The van der Waals surface area contributed by atoms with Gasteiger partial charge in [0.1, 0.15) is 0 Å². The molecule has 1 unspecified atom stereocenters. The van der Waals surface area contributed by atoms with Gasteiger partial charge < -0.3 is 15.4 Å². The molecule has 2 N–H and O–H groups in total. The Balaban J connectivity index is 2.28. The molecular formula is C12H12F2N2O2. The predicted molar refractivity (Wildman–Crippen MR) is 60.7 cm³/mol. The van der Waals surface area contributed by atoms with E-state index in [0.29, 0.717) is 11.3 Å². The van der Waals surface area contributed by atoms with E-state index in [9.17, 15) is 13.6 Å². The largest absolute Gasteiger partial charge is 0.378 e. The molecule has 6 heteroatoms. The second-order valence-electron chi connectivity index (χ2n) is 3.87. The molecule has 2 rings (SSSR count). The van der Waals surface area contributed by atoms with E-state index in [0.717, 1.165) is 12.1 Å². The maximum Gasteiger partial charge on any atom is 0.319 e. The number of carbonyl (C=O) groups is 1. The molecule has 1 atom stereocenters. The van der Waals surface area contributed by atoms with Crippen LogP contribution in [0.4, 0.5) is 13.6 Å². The first-order valence-electron chi connectivity index (χ1n) is 5.32. The Bertz CT molecular complexity index is 503. The van der Waals surface area contributed by atoms with Gasteiger partial charge in [-0.05, 0) is 23.8 Å². The summed E-state index contributed by atoms with van der Waals surface area (Å²) < 4.78 is 30.9. The van der Waals surface area contributed by atoms with Gasteiger partial charge in [-0.1, -0.05) is 6.07 Å². The van der Waals surface area contributed by atoms with Crippen molar-refractivity contribution in [3.8, 4) is 0 Å². The van der Waals surface area contributed by atoms with Crippen LogP contribution in [0.2, 0.25) is 0 Å². The summed E-state index contributed by atoms with van der Waals surface area (Å²) in [5.41, 5.74) is 1.05. The number of amides is 2. The van der Waals surface area contributed by atoms with E-state index in [1.165, 1.54) is 13.2 Å². The van der Waals surface area contributed by atoms with Gasteiger partial charge in [-0.2, -0.15) is 0 Å². The van der Waals surface area contributed by atoms with E-state index in [1.807, 2.05) is 0 Å². The molecule has 1 heterocycles. The first-order valence-corrected chi connectivity index (χ1v) is 5.32. The van der Waals surface area contributed by atoms with Crippen molar-refractivity contribution in [3.05, 3.63) is 47.2 Å². The molecule has 0 aliphatic carbocycles. The summed E-state index contributed by atoms with van der Waals surface area (Å²) in [6, 6.07) is 2.61. The number of rotatable bonds is 3. The van der Waals surface area contributed by atoms with Crippen molar-refractivity contribution in [3.63, 3.8) is 0 Å². The lowest BCUT2D eigenvalue weighted by Crippen LogP contribution is -2.42. The normalized spacial score (nSPS) is 18.9. The zero-order chi connectivity index (χ0) is 13.1. The Kier molecular flexibility index (Phi) is 3.57. The fourth-order valence-electron chi connectivity index (χ4n) is 1.73. The summed E-state index contributed by atoms with van der Waals surface area (Å²) in [7, 11) is 1.50. The van der Waals surface area contributed by atoms with E-state index in [2.05, 4.69) is 10.6 Å². The molecule has 0 fully saturated rings. The number of benzene rings is 1. The molecule has 4 nitrogen and oxygen atoms in total. The van der Waals surface area contributed by atoms with Gasteiger partial charge in [0.15, 0.2) is 11.6 Å². The van der Waals surface area contributed by atoms with Crippen molar-refractivity contribution in [2.24, 2.45) is 0 Å². The van der Waals surface area contributed by atoms with Crippen LogP contribution in [0.25, 0.3) is 0 Å².